The standard InChI is InChI=1S/C19H13F2N3O2S3/c1-10-15(29-17(22-10)11-6-7-27-8-11)16(25)24-19-23-13(9-28-19)12-4-2-3-5-14(12)26-18(20)21/h2-9,18H,1H3,(H,23,24,25). The minimum absolute atomic E-state index is 0.0318. The Balaban J connectivity index is 1.54. The van der Waals surface area contributed by atoms with Gasteiger partial charge in [0.05, 0.1) is 11.4 Å². The van der Waals surface area contributed by atoms with Gasteiger partial charge in [-0.25, -0.2) is 9.97 Å². The van der Waals surface area contributed by atoms with Gasteiger partial charge >= 0.3 is 6.61 Å². The van der Waals surface area contributed by atoms with Gasteiger partial charge in [0.2, 0.25) is 0 Å². The van der Waals surface area contributed by atoms with E-state index in [0.717, 1.165) is 10.6 Å². The molecule has 3 heterocycles. The van der Waals surface area contributed by atoms with Gasteiger partial charge in [-0.1, -0.05) is 12.1 Å². The minimum Gasteiger partial charge on any atom is -0.434 e. The Morgan fingerprint density at radius 2 is 2.00 bits per heavy atom. The quantitative estimate of drug-likeness (QED) is 0.383. The van der Waals surface area contributed by atoms with Crippen LogP contribution in [0.15, 0.2) is 46.5 Å². The first-order valence-electron chi connectivity index (χ1n) is 8.32. The van der Waals surface area contributed by atoms with E-state index in [1.54, 1.807) is 41.8 Å². The van der Waals surface area contributed by atoms with Crippen LogP contribution in [-0.4, -0.2) is 22.5 Å². The van der Waals surface area contributed by atoms with Crippen molar-refractivity contribution in [3.63, 3.8) is 0 Å². The van der Waals surface area contributed by atoms with Gasteiger partial charge in [0, 0.05) is 21.9 Å². The van der Waals surface area contributed by atoms with E-state index in [1.165, 1.54) is 28.7 Å². The van der Waals surface area contributed by atoms with Gasteiger partial charge < -0.3 is 4.74 Å². The summed E-state index contributed by atoms with van der Waals surface area (Å²) in [6, 6.07) is 8.35. The molecule has 0 bridgehead atoms. The third-order valence-electron chi connectivity index (χ3n) is 3.87. The molecule has 0 aliphatic heterocycles. The normalized spacial score (nSPS) is 11.0. The number of nitrogens with one attached hydrogen (secondary N) is 1. The fourth-order valence-corrected chi connectivity index (χ4v) is 4.98. The number of para-hydroxylation sites is 1. The second-order valence-corrected chi connectivity index (χ2v) is 8.45. The molecule has 3 aromatic heterocycles. The molecule has 0 aliphatic rings. The summed E-state index contributed by atoms with van der Waals surface area (Å²) in [7, 11) is 0. The largest absolute Gasteiger partial charge is 0.434 e. The number of thiazole rings is 2. The molecule has 0 atom stereocenters. The summed E-state index contributed by atoms with van der Waals surface area (Å²) in [5, 5.41) is 9.52. The molecule has 29 heavy (non-hydrogen) atoms. The van der Waals surface area contributed by atoms with Crippen molar-refractivity contribution in [1.29, 1.82) is 0 Å². The smallest absolute Gasteiger partial charge is 0.387 e. The molecule has 4 rings (SSSR count). The highest BCUT2D eigenvalue weighted by Gasteiger charge is 2.19. The molecule has 10 heteroatoms. The van der Waals surface area contributed by atoms with E-state index in [2.05, 4.69) is 20.0 Å². The third kappa shape index (κ3) is 4.34. The van der Waals surface area contributed by atoms with E-state index in [9.17, 15) is 13.6 Å². The Hall–Kier alpha value is -2.69. The van der Waals surface area contributed by atoms with Gasteiger partial charge in [-0.3, -0.25) is 10.1 Å². The van der Waals surface area contributed by atoms with Gasteiger partial charge in [-0.05, 0) is 30.5 Å². The van der Waals surface area contributed by atoms with Crippen LogP contribution in [0.5, 0.6) is 5.75 Å². The zero-order valence-electron chi connectivity index (χ0n) is 14.9. The lowest BCUT2D eigenvalue weighted by atomic mass is 10.1. The van der Waals surface area contributed by atoms with Crippen LogP contribution in [0.4, 0.5) is 13.9 Å². The van der Waals surface area contributed by atoms with E-state index < -0.39 is 6.61 Å². The van der Waals surface area contributed by atoms with Crippen LogP contribution in [0.3, 0.4) is 0 Å². The Morgan fingerprint density at radius 3 is 2.76 bits per heavy atom. The number of alkyl halides is 2. The highest BCUT2D eigenvalue weighted by atomic mass is 32.1. The number of hydrogen-bond donors (Lipinski definition) is 1. The maximum atomic E-state index is 12.7. The van der Waals surface area contributed by atoms with Gasteiger partial charge in [0.1, 0.15) is 15.6 Å². The van der Waals surface area contributed by atoms with E-state index >= 15 is 0 Å². The number of anilines is 1. The molecule has 0 radical (unpaired) electrons. The summed E-state index contributed by atoms with van der Waals surface area (Å²) in [6.45, 7) is -1.15. The van der Waals surface area contributed by atoms with Crippen molar-refractivity contribution in [2.24, 2.45) is 0 Å². The maximum Gasteiger partial charge on any atom is 0.387 e. The predicted molar refractivity (Wildman–Crippen MR) is 112 cm³/mol. The molecular formula is C19H13F2N3O2S3. The first kappa shape index (κ1) is 19.6. The van der Waals surface area contributed by atoms with Crippen LogP contribution in [0, 0.1) is 6.92 Å². The number of halogens is 2. The Morgan fingerprint density at radius 1 is 1.17 bits per heavy atom. The van der Waals surface area contributed by atoms with Crippen molar-refractivity contribution in [1.82, 2.24) is 9.97 Å². The highest BCUT2D eigenvalue weighted by molar-refractivity contribution is 7.18. The van der Waals surface area contributed by atoms with E-state index in [1.807, 2.05) is 16.8 Å². The molecule has 148 valence electrons. The second kappa shape index (κ2) is 8.36. The van der Waals surface area contributed by atoms with Crippen molar-refractivity contribution in [2.45, 2.75) is 13.5 Å². The number of aryl methyl sites for hydroxylation is 1. The first-order valence-corrected chi connectivity index (χ1v) is 11.0. The van der Waals surface area contributed by atoms with Crippen molar-refractivity contribution in [3.8, 4) is 27.6 Å². The van der Waals surface area contributed by atoms with Crippen LogP contribution < -0.4 is 10.1 Å². The number of benzene rings is 1. The average Bonchev–Trinajstić information content (AvgIpc) is 3.42. The molecule has 4 aromatic rings. The number of carbonyl (C=O) groups excluding carboxylic acids is 1. The van der Waals surface area contributed by atoms with Gasteiger partial charge in [0.25, 0.3) is 5.91 Å². The molecule has 0 fully saturated rings. The lowest BCUT2D eigenvalue weighted by Crippen LogP contribution is -2.11. The lowest BCUT2D eigenvalue weighted by molar-refractivity contribution is -0.0494. The first-order chi connectivity index (χ1) is 14.0. The van der Waals surface area contributed by atoms with Crippen molar-refractivity contribution >= 4 is 45.0 Å². The molecule has 0 unspecified atom stereocenters. The number of aromatic nitrogens is 2. The number of ether oxygens (including phenoxy) is 1. The van der Waals surface area contributed by atoms with Crippen LogP contribution in [-0.2, 0) is 0 Å². The number of amides is 1. The molecule has 0 spiro atoms. The summed E-state index contributed by atoms with van der Waals surface area (Å²) < 4.78 is 29.8. The summed E-state index contributed by atoms with van der Waals surface area (Å²) in [5.74, 6) is -0.274. The molecule has 0 aliphatic carbocycles. The predicted octanol–water partition coefficient (Wildman–Crippen LogP) is 6.16. The van der Waals surface area contributed by atoms with Crippen LogP contribution >= 0.6 is 34.0 Å². The lowest BCUT2D eigenvalue weighted by Gasteiger charge is -2.08. The molecule has 0 saturated carbocycles. The number of hydrogen-bond acceptors (Lipinski definition) is 7. The molecule has 1 N–H and O–H groups in total. The molecule has 1 aromatic carbocycles. The molecule has 0 saturated heterocycles. The van der Waals surface area contributed by atoms with Crippen LogP contribution in [0.2, 0.25) is 0 Å². The summed E-state index contributed by atoms with van der Waals surface area (Å²) in [4.78, 5) is 22.0. The zero-order valence-corrected chi connectivity index (χ0v) is 17.3. The number of nitrogens with zero attached hydrogens (tertiary/aromatic N) is 2. The second-order valence-electron chi connectivity index (χ2n) is 5.81. The monoisotopic (exact) mass is 449 g/mol. The number of carbonyl (C=O) groups is 1. The maximum absolute atomic E-state index is 12.7. The Labute approximate surface area is 176 Å². The van der Waals surface area contributed by atoms with Crippen LogP contribution in [0.25, 0.3) is 21.8 Å². The van der Waals surface area contributed by atoms with Crippen LogP contribution in [0.1, 0.15) is 15.4 Å². The van der Waals surface area contributed by atoms with Gasteiger partial charge in [-0.2, -0.15) is 20.1 Å². The summed E-state index contributed by atoms with van der Waals surface area (Å²) in [6.07, 6.45) is 0. The Kier molecular flexibility index (Phi) is 5.65. The van der Waals surface area contributed by atoms with Gasteiger partial charge in [-0.15, -0.1) is 22.7 Å². The highest BCUT2D eigenvalue weighted by Crippen LogP contribution is 2.34. The van der Waals surface area contributed by atoms with E-state index in [4.69, 9.17) is 0 Å². The van der Waals surface area contributed by atoms with Crippen molar-refractivity contribution in [3.05, 3.63) is 57.0 Å². The molecule has 5 nitrogen and oxygen atoms in total. The SMILES string of the molecule is Cc1nc(-c2ccsc2)sc1C(=O)Nc1nc(-c2ccccc2OC(F)F)cs1. The number of thiophene rings is 1. The molecule has 1 amide bonds. The summed E-state index contributed by atoms with van der Waals surface area (Å²) >= 11 is 4.09. The van der Waals surface area contributed by atoms with Crippen molar-refractivity contribution in [2.75, 3.05) is 5.32 Å². The average molecular weight is 450 g/mol. The topological polar surface area (TPSA) is 64.1 Å². The van der Waals surface area contributed by atoms with E-state index in [0.29, 0.717) is 27.0 Å². The summed E-state index contributed by atoms with van der Waals surface area (Å²) in [5.41, 5.74) is 2.50. The minimum atomic E-state index is -2.93. The Bertz CT molecular complexity index is 1140. The van der Waals surface area contributed by atoms with E-state index in [-0.39, 0.29) is 11.7 Å². The van der Waals surface area contributed by atoms with Gasteiger partial charge in [0.15, 0.2) is 5.13 Å². The number of rotatable bonds is 6. The fraction of sp³-hybridized carbons (Fsp3) is 0.105. The molecular weight excluding hydrogens is 436 g/mol. The third-order valence-corrected chi connectivity index (χ3v) is 6.52. The van der Waals surface area contributed by atoms with Crippen molar-refractivity contribution < 1.29 is 18.3 Å². The fourth-order valence-electron chi connectivity index (χ4n) is 2.60. The zero-order chi connectivity index (χ0) is 20.4.